The zero-order chi connectivity index (χ0) is 17.4. The zero-order valence-electron chi connectivity index (χ0n) is 13.3. The van der Waals surface area contributed by atoms with Crippen LogP contribution in [0.1, 0.15) is 15.9 Å². The summed E-state index contributed by atoms with van der Waals surface area (Å²) in [6.45, 7) is 0. The molecule has 0 radical (unpaired) electrons. The molecule has 1 aliphatic carbocycles. The number of methoxy groups -OCH3 is 1. The van der Waals surface area contributed by atoms with Gasteiger partial charge in [-0.05, 0) is 12.1 Å². The van der Waals surface area contributed by atoms with Gasteiger partial charge in [0.25, 0.3) is 0 Å². The van der Waals surface area contributed by atoms with E-state index in [0.29, 0.717) is 33.8 Å². The van der Waals surface area contributed by atoms with Crippen LogP contribution in [0.15, 0.2) is 54.6 Å². The van der Waals surface area contributed by atoms with Crippen molar-refractivity contribution in [3.05, 3.63) is 65.7 Å². The number of hydrogen-bond donors (Lipinski definition) is 1. The lowest BCUT2D eigenvalue weighted by atomic mass is 10.1. The van der Waals surface area contributed by atoms with Crippen molar-refractivity contribution in [3.8, 4) is 22.5 Å². The minimum absolute atomic E-state index is 0.0693. The van der Waals surface area contributed by atoms with Crippen molar-refractivity contribution in [3.63, 3.8) is 0 Å². The number of anilines is 1. The number of aromatic nitrogens is 2. The molecule has 0 saturated carbocycles. The molecule has 6 nitrogen and oxygen atoms in total. The minimum Gasteiger partial charge on any atom is -0.453 e. The van der Waals surface area contributed by atoms with Gasteiger partial charge in [-0.25, -0.2) is 4.79 Å². The lowest BCUT2D eigenvalue weighted by Gasteiger charge is -2.10. The van der Waals surface area contributed by atoms with Gasteiger partial charge in [-0.2, -0.15) is 0 Å². The number of ketones is 1. The van der Waals surface area contributed by atoms with E-state index in [1.807, 2.05) is 24.3 Å². The highest BCUT2D eigenvalue weighted by atomic mass is 16.5. The molecule has 1 aliphatic rings. The quantitative estimate of drug-likeness (QED) is 0.607. The lowest BCUT2D eigenvalue weighted by molar-refractivity contribution is 0.104. The van der Waals surface area contributed by atoms with E-state index in [1.54, 1.807) is 30.3 Å². The maximum Gasteiger partial charge on any atom is 0.411 e. The number of amides is 1. The first kappa shape index (κ1) is 15.0. The maximum absolute atomic E-state index is 12.6. The van der Waals surface area contributed by atoms with E-state index in [-0.39, 0.29) is 5.78 Å². The van der Waals surface area contributed by atoms with Gasteiger partial charge in [0.2, 0.25) is 0 Å². The standard InChI is InChI=1S/C19H13N3O3/c1-25-19(24)20-15-9-5-4-8-13(15)16-10-14-17(22-21-16)11-6-2-3-7-12(11)18(14)23/h2-10H,1H3,(H,20,24). The zero-order valence-corrected chi connectivity index (χ0v) is 13.3. The topological polar surface area (TPSA) is 81.2 Å². The number of carbonyl (C=O) groups is 2. The SMILES string of the molecule is COC(=O)Nc1ccccc1-c1cc2c(nn1)-c1ccccc1C2=O. The number of carbonyl (C=O) groups excluding carboxylic acids is 2. The van der Waals surface area contributed by atoms with Crippen LogP contribution in [0.2, 0.25) is 0 Å². The Bertz CT molecular complexity index is 1010. The molecule has 1 N–H and O–H groups in total. The summed E-state index contributed by atoms with van der Waals surface area (Å²) in [7, 11) is 1.29. The van der Waals surface area contributed by atoms with E-state index in [1.165, 1.54) is 7.11 Å². The van der Waals surface area contributed by atoms with Gasteiger partial charge in [-0.15, -0.1) is 10.2 Å². The third-order valence-electron chi connectivity index (χ3n) is 4.09. The monoisotopic (exact) mass is 331 g/mol. The Kier molecular flexibility index (Phi) is 3.50. The van der Waals surface area contributed by atoms with Crippen LogP contribution in [0, 0.1) is 0 Å². The number of benzene rings is 2. The summed E-state index contributed by atoms with van der Waals surface area (Å²) in [4.78, 5) is 24.2. The highest BCUT2D eigenvalue weighted by Gasteiger charge is 2.28. The largest absolute Gasteiger partial charge is 0.453 e. The van der Waals surface area contributed by atoms with Gasteiger partial charge in [0, 0.05) is 16.7 Å². The smallest absolute Gasteiger partial charge is 0.411 e. The molecule has 1 amide bonds. The second kappa shape index (κ2) is 5.83. The van der Waals surface area contributed by atoms with Gasteiger partial charge in [-0.1, -0.05) is 42.5 Å². The summed E-state index contributed by atoms with van der Waals surface area (Å²) in [6, 6.07) is 16.2. The van der Waals surface area contributed by atoms with Gasteiger partial charge in [0.05, 0.1) is 24.1 Å². The van der Waals surface area contributed by atoms with E-state index >= 15 is 0 Å². The predicted molar refractivity (Wildman–Crippen MR) is 92.4 cm³/mol. The molecule has 0 unspecified atom stereocenters. The molecule has 1 aromatic heterocycles. The van der Waals surface area contributed by atoms with Crippen LogP contribution in [-0.4, -0.2) is 29.2 Å². The molecule has 25 heavy (non-hydrogen) atoms. The van der Waals surface area contributed by atoms with Crippen molar-refractivity contribution in [1.82, 2.24) is 10.2 Å². The second-order valence-electron chi connectivity index (χ2n) is 5.53. The number of rotatable bonds is 2. The number of hydrogen-bond acceptors (Lipinski definition) is 5. The third kappa shape index (κ3) is 2.44. The fourth-order valence-corrected chi connectivity index (χ4v) is 2.90. The minimum atomic E-state index is -0.579. The van der Waals surface area contributed by atoms with Crippen molar-refractivity contribution in [2.24, 2.45) is 0 Å². The molecule has 2 aromatic carbocycles. The Morgan fingerprint density at radius 2 is 1.60 bits per heavy atom. The van der Waals surface area contributed by atoms with Gasteiger partial charge < -0.3 is 4.74 Å². The summed E-state index contributed by atoms with van der Waals surface area (Å²) in [5, 5.41) is 11.1. The van der Waals surface area contributed by atoms with E-state index in [2.05, 4.69) is 20.3 Å². The number of para-hydroxylation sites is 1. The molecule has 3 aromatic rings. The molecule has 0 saturated heterocycles. The molecular weight excluding hydrogens is 318 g/mol. The van der Waals surface area contributed by atoms with Crippen molar-refractivity contribution < 1.29 is 14.3 Å². The summed E-state index contributed by atoms with van der Waals surface area (Å²) in [5.74, 6) is -0.0693. The number of fused-ring (bicyclic) bond motifs is 3. The Morgan fingerprint density at radius 1 is 0.920 bits per heavy atom. The third-order valence-corrected chi connectivity index (χ3v) is 4.09. The summed E-state index contributed by atoms with van der Waals surface area (Å²) in [6.07, 6.45) is -0.579. The summed E-state index contributed by atoms with van der Waals surface area (Å²) >= 11 is 0. The highest BCUT2D eigenvalue weighted by molar-refractivity contribution is 6.21. The summed E-state index contributed by atoms with van der Waals surface area (Å²) in [5.41, 5.74) is 4.22. The van der Waals surface area contributed by atoms with E-state index in [0.717, 1.165) is 5.56 Å². The van der Waals surface area contributed by atoms with Crippen LogP contribution < -0.4 is 5.32 Å². The Labute approximate surface area is 143 Å². The first-order valence-corrected chi connectivity index (χ1v) is 7.65. The molecule has 0 fully saturated rings. The predicted octanol–water partition coefficient (Wildman–Crippen LogP) is 3.53. The van der Waals surface area contributed by atoms with E-state index < -0.39 is 6.09 Å². The molecule has 4 rings (SSSR count). The summed E-state index contributed by atoms with van der Waals surface area (Å²) < 4.78 is 4.64. The normalized spacial score (nSPS) is 11.6. The number of nitrogens with zero attached hydrogens (tertiary/aromatic N) is 2. The molecular formula is C19H13N3O3. The molecule has 0 spiro atoms. The highest BCUT2D eigenvalue weighted by Crippen LogP contribution is 2.36. The van der Waals surface area contributed by atoms with Crippen molar-refractivity contribution in [1.29, 1.82) is 0 Å². The average molecular weight is 331 g/mol. The maximum atomic E-state index is 12.6. The Hall–Kier alpha value is -3.54. The first-order chi connectivity index (χ1) is 12.2. The van der Waals surface area contributed by atoms with Crippen LogP contribution >= 0.6 is 0 Å². The van der Waals surface area contributed by atoms with Crippen molar-refractivity contribution in [2.75, 3.05) is 12.4 Å². The second-order valence-corrected chi connectivity index (χ2v) is 5.53. The Balaban J connectivity index is 1.81. The van der Waals surface area contributed by atoms with Gasteiger partial charge in [0.1, 0.15) is 5.69 Å². The molecule has 122 valence electrons. The van der Waals surface area contributed by atoms with Crippen LogP contribution in [0.25, 0.3) is 22.5 Å². The van der Waals surface area contributed by atoms with Gasteiger partial charge in [0.15, 0.2) is 5.78 Å². The number of nitrogens with one attached hydrogen (secondary N) is 1. The van der Waals surface area contributed by atoms with Crippen molar-refractivity contribution in [2.45, 2.75) is 0 Å². The van der Waals surface area contributed by atoms with Gasteiger partial charge >= 0.3 is 6.09 Å². The van der Waals surface area contributed by atoms with Crippen LogP contribution in [0.4, 0.5) is 10.5 Å². The lowest BCUT2D eigenvalue weighted by Crippen LogP contribution is -2.12. The Morgan fingerprint density at radius 3 is 2.36 bits per heavy atom. The van der Waals surface area contributed by atoms with E-state index in [4.69, 9.17) is 0 Å². The van der Waals surface area contributed by atoms with E-state index in [9.17, 15) is 9.59 Å². The van der Waals surface area contributed by atoms with Crippen LogP contribution in [-0.2, 0) is 4.74 Å². The van der Waals surface area contributed by atoms with Crippen molar-refractivity contribution >= 4 is 17.6 Å². The average Bonchev–Trinajstić information content (AvgIpc) is 2.94. The van der Waals surface area contributed by atoms with Gasteiger partial charge in [-0.3, -0.25) is 10.1 Å². The van der Waals surface area contributed by atoms with Crippen LogP contribution in [0.3, 0.4) is 0 Å². The number of ether oxygens (including phenoxy) is 1. The molecule has 0 bridgehead atoms. The fourth-order valence-electron chi connectivity index (χ4n) is 2.90. The van der Waals surface area contributed by atoms with Crippen LogP contribution in [0.5, 0.6) is 0 Å². The fraction of sp³-hybridized carbons (Fsp3) is 0.0526. The first-order valence-electron chi connectivity index (χ1n) is 7.65. The molecule has 0 aliphatic heterocycles. The molecule has 6 heteroatoms. The molecule has 0 atom stereocenters. The molecule has 1 heterocycles.